The van der Waals surface area contributed by atoms with Gasteiger partial charge in [-0.05, 0) is 31.0 Å². The summed E-state index contributed by atoms with van der Waals surface area (Å²) in [5.74, 6) is 0.923. The van der Waals surface area contributed by atoms with Crippen LogP contribution in [0.2, 0.25) is 5.02 Å². The molecule has 1 aromatic rings. The fraction of sp³-hybridized carbons (Fsp3) is 0.625. The molecule has 0 amide bonds. The Morgan fingerprint density at radius 3 is 2.75 bits per heavy atom. The summed E-state index contributed by atoms with van der Waals surface area (Å²) < 4.78 is 5.45. The van der Waals surface area contributed by atoms with E-state index in [9.17, 15) is 0 Å². The molecule has 20 heavy (non-hydrogen) atoms. The molecule has 1 aliphatic heterocycles. The van der Waals surface area contributed by atoms with E-state index in [1.54, 1.807) is 7.11 Å². The van der Waals surface area contributed by atoms with Crippen molar-refractivity contribution in [2.24, 2.45) is 0 Å². The molecule has 4 heteroatoms. The van der Waals surface area contributed by atoms with Gasteiger partial charge < -0.3 is 10.1 Å². The summed E-state index contributed by atoms with van der Waals surface area (Å²) in [7, 11) is 1.72. The van der Waals surface area contributed by atoms with E-state index in [4.69, 9.17) is 16.3 Å². The molecule has 2 rings (SSSR count). The van der Waals surface area contributed by atoms with Gasteiger partial charge in [0.15, 0.2) is 0 Å². The summed E-state index contributed by atoms with van der Waals surface area (Å²) in [5, 5.41) is 4.46. The van der Waals surface area contributed by atoms with Crippen molar-refractivity contribution in [1.29, 1.82) is 0 Å². The van der Waals surface area contributed by atoms with Gasteiger partial charge in [-0.1, -0.05) is 25.4 Å². The average Bonchev–Trinajstić information content (AvgIpc) is 2.47. The van der Waals surface area contributed by atoms with E-state index in [-0.39, 0.29) is 5.54 Å². The molecule has 0 aliphatic carbocycles. The average molecular weight is 297 g/mol. The van der Waals surface area contributed by atoms with Gasteiger partial charge in [-0.2, -0.15) is 0 Å². The van der Waals surface area contributed by atoms with Crippen LogP contribution in [0.4, 0.5) is 0 Å². The topological polar surface area (TPSA) is 24.5 Å². The highest BCUT2D eigenvalue weighted by atomic mass is 35.5. The van der Waals surface area contributed by atoms with Gasteiger partial charge in [0.2, 0.25) is 0 Å². The van der Waals surface area contributed by atoms with E-state index in [1.807, 2.05) is 18.2 Å². The second-order valence-electron chi connectivity index (χ2n) is 5.58. The Labute approximate surface area is 127 Å². The van der Waals surface area contributed by atoms with Gasteiger partial charge in [-0.25, -0.2) is 0 Å². The van der Waals surface area contributed by atoms with Crippen LogP contribution in [0.15, 0.2) is 18.2 Å². The Balaban J connectivity index is 2.11. The predicted octanol–water partition coefficient (Wildman–Crippen LogP) is 3.31. The number of methoxy groups -OCH3 is 1. The van der Waals surface area contributed by atoms with E-state index in [1.165, 1.54) is 5.56 Å². The number of ether oxygens (including phenoxy) is 1. The fourth-order valence-corrected chi connectivity index (χ4v) is 3.21. The molecule has 1 heterocycles. The van der Waals surface area contributed by atoms with Crippen LogP contribution in [0.1, 0.15) is 32.3 Å². The minimum absolute atomic E-state index is 0.254. The maximum absolute atomic E-state index is 6.12. The lowest BCUT2D eigenvalue weighted by atomic mass is 9.90. The third-order valence-electron chi connectivity index (χ3n) is 4.44. The van der Waals surface area contributed by atoms with Crippen molar-refractivity contribution < 1.29 is 4.74 Å². The predicted molar refractivity (Wildman–Crippen MR) is 84.6 cm³/mol. The van der Waals surface area contributed by atoms with Gasteiger partial charge in [-0.15, -0.1) is 0 Å². The largest absolute Gasteiger partial charge is 0.496 e. The van der Waals surface area contributed by atoms with Gasteiger partial charge in [0.1, 0.15) is 5.75 Å². The van der Waals surface area contributed by atoms with Crippen molar-refractivity contribution in [3.05, 3.63) is 28.8 Å². The molecule has 0 bridgehead atoms. The molecule has 1 aliphatic rings. The highest BCUT2D eigenvalue weighted by molar-refractivity contribution is 6.30. The van der Waals surface area contributed by atoms with Crippen LogP contribution in [0.25, 0.3) is 0 Å². The van der Waals surface area contributed by atoms with Crippen LogP contribution in [-0.2, 0) is 6.54 Å². The van der Waals surface area contributed by atoms with Gasteiger partial charge in [-0.3, -0.25) is 4.90 Å². The van der Waals surface area contributed by atoms with E-state index < -0.39 is 0 Å². The molecular weight excluding hydrogens is 272 g/mol. The lowest BCUT2D eigenvalue weighted by Crippen LogP contribution is -2.59. The van der Waals surface area contributed by atoms with Crippen LogP contribution in [-0.4, -0.2) is 37.2 Å². The molecule has 0 atom stereocenters. The Bertz CT molecular complexity index is 446. The molecule has 1 fully saturated rings. The Hall–Kier alpha value is -0.770. The number of rotatable bonds is 5. The highest BCUT2D eigenvalue weighted by Gasteiger charge is 2.31. The molecule has 112 valence electrons. The van der Waals surface area contributed by atoms with Crippen LogP contribution < -0.4 is 10.1 Å². The normalized spacial score (nSPS) is 19.0. The second-order valence-corrected chi connectivity index (χ2v) is 6.02. The third kappa shape index (κ3) is 3.46. The summed E-state index contributed by atoms with van der Waals surface area (Å²) in [6.45, 7) is 8.62. The summed E-state index contributed by atoms with van der Waals surface area (Å²) >= 11 is 6.12. The summed E-state index contributed by atoms with van der Waals surface area (Å²) in [6, 6.07) is 5.85. The number of hydrogen-bond acceptors (Lipinski definition) is 3. The first-order valence-corrected chi connectivity index (χ1v) is 7.80. The summed E-state index contributed by atoms with van der Waals surface area (Å²) in [4.78, 5) is 2.50. The zero-order chi connectivity index (χ0) is 14.6. The highest BCUT2D eigenvalue weighted by Crippen LogP contribution is 2.26. The van der Waals surface area contributed by atoms with Crippen LogP contribution in [0, 0.1) is 0 Å². The lowest BCUT2D eigenvalue weighted by Gasteiger charge is -2.43. The minimum Gasteiger partial charge on any atom is -0.496 e. The number of nitrogens with one attached hydrogen (secondary N) is 1. The van der Waals surface area contributed by atoms with E-state index >= 15 is 0 Å². The molecule has 1 N–H and O–H groups in total. The standard InChI is InChI=1S/C16H25ClN2O/c1-4-16(5-2)12-19(9-8-18-16)11-13-10-14(17)6-7-15(13)20-3/h6-7,10,18H,4-5,8-9,11-12H2,1-3H3. The van der Waals surface area contributed by atoms with E-state index in [0.29, 0.717) is 0 Å². The van der Waals surface area contributed by atoms with Crippen molar-refractivity contribution in [2.75, 3.05) is 26.7 Å². The van der Waals surface area contributed by atoms with Crippen LogP contribution in [0.3, 0.4) is 0 Å². The lowest BCUT2D eigenvalue weighted by molar-refractivity contribution is 0.117. The third-order valence-corrected chi connectivity index (χ3v) is 4.68. The van der Waals surface area contributed by atoms with E-state index in [2.05, 4.69) is 24.1 Å². The fourth-order valence-electron chi connectivity index (χ4n) is 3.01. The number of hydrogen-bond donors (Lipinski definition) is 1. The molecule has 1 aromatic carbocycles. The number of nitrogens with zero attached hydrogens (tertiary/aromatic N) is 1. The number of halogens is 1. The number of piperazine rings is 1. The first-order valence-electron chi connectivity index (χ1n) is 7.42. The molecule has 0 radical (unpaired) electrons. The maximum atomic E-state index is 6.12. The molecule has 0 unspecified atom stereocenters. The minimum atomic E-state index is 0.254. The quantitative estimate of drug-likeness (QED) is 0.902. The second kappa shape index (κ2) is 6.79. The van der Waals surface area contributed by atoms with Crippen LogP contribution in [0.5, 0.6) is 5.75 Å². The van der Waals surface area contributed by atoms with Crippen molar-refractivity contribution in [3.63, 3.8) is 0 Å². The molecule has 3 nitrogen and oxygen atoms in total. The summed E-state index contributed by atoms with van der Waals surface area (Å²) in [5.41, 5.74) is 1.42. The molecule has 0 aromatic heterocycles. The monoisotopic (exact) mass is 296 g/mol. The summed E-state index contributed by atoms with van der Waals surface area (Å²) in [6.07, 6.45) is 2.32. The SMILES string of the molecule is CCC1(CC)CN(Cc2cc(Cl)ccc2OC)CCN1. The van der Waals surface area contributed by atoms with Gasteiger partial charge in [0, 0.05) is 42.3 Å². The Morgan fingerprint density at radius 2 is 2.10 bits per heavy atom. The first kappa shape index (κ1) is 15.6. The molecule has 0 spiro atoms. The van der Waals surface area contributed by atoms with Gasteiger partial charge in [0.25, 0.3) is 0 Å². The Morgan fingerprint density at radius 1 is 1.35 bits per heavy atom. The maximum Gasteiger partial charge on any atom is 0.123 e. The zero-order valence-corrected chi connectivity index (χ0v) is 13.5. The van der Waals surface area contributed by atoms with Gasteiger partial charge in [0.05, 0.1) is 7.11 Å². The van der Waals surface area contributed by atoms with Crippen LogP contribution >= 0.6 is 11.6 Å². The number of benzene rings is 1. The van der Waals surface area contributed by atoms with Gasteiger partial charge >= 0.3 is 0 Å². The van der Waals surface area contributed by atoms with Crippen molar-refractivity contribution in [1.82, 2.24) is 10.2 Å². The smallest absolute Gasteiger partial charge is 0.123 e. The first-order chi connectivity index (χ1) is 9.62. The zero-order valence-electron chi connectivity index (χ0n) is 12.7. The Kier molecular flexibility index (Phi) is 5.30. The van der Waals surface area contributed by atoms with Crippen molar-refractivity contribution in [2.45, 2.75) is 38.8 Å². The molecular formula is C16H25ClN2O. The molecule has 0 saturated carbocycles. The van der Waals surface area contributed by atoms with E-state index in [0.717, 1.165) is 49.8 Å². The van der Waals surface area contributed by atoms with Crippen molar-refractivity contribution in [3.8, 4) is 5.75 Å². The molecule has 1 saturated heterocycles. The van der Waals surface area contributed by atoms with Crippen molar-refractivity contribution >= 4 is 11.6 Å².